The van der Waals surface area contributed by atoms with E-state index in [2.05, 4.69) is 78.8 Å². The number of nitrogens with zero attached hydrogens (tertiary/aromatic N) is 7. The van der Waals surface area contributed by atoms with Crippen molar-refractivity contribution >= 4 is 11.4 Å². The van der Waals surface area contributed by atoms with Crippen LogP contribution in [0.25, 0.3) is 11.4 Å². The average molecular weight is 422 g/mol. The van der Waals surface area contributed by atoms with Crippen molar-refractivity contribution < 1.29 is 0 Å². The Hall–Kier alpha value is -3.07. The fourth-order valence-electron chi connectivity index (χ4n) is 4.11. The van der Waals surface area contributed by atoms with E-state index in [1.54, 1.807) is 6.20 Å². The molecule has 0 bridgehead atoms. The molecule has 4 rings (SSSR count). The van der Waals surface area contributed by atoms with Gasteiger partial charge in [-0.25, -0.2) is 0 Å². The van der Waals surface area contributed by atoms with Gasteiger partial charge in [0.25, 0.3) is 0 Å². The van der Waals surface area contributed by atoms with Crippen LogP contribution in [0, 0.1) is 5.92 Å². The molecule has 164 valence electrons. The Morgan fingerprint density at radius 1 is 1.13 bits per heavy atom. The SMILES string of the molecule is CCNc1cc(-c2nn[nH]n2)c(N2CCN(Cc3cccnn3)CC2)cc1CC(C)C. The average Bonchev–Trinajstić information content (AvgIpc) is 3.31. The number of rotatable bonds is 8. The minimum atomic E-state index is 0.574. The smallest absolute Gasteiger partial charge is 0.206 e. The second kappa shape index (κ2) is 9.82. The van der Waals surface area contributed by atoms with Gasteiger partial charge >= 0.3 is 0 Å². The van der Waals surface area contributed by atoms with Gasteiger partial charge in [0.1, 0.15) is 0 Å². The molecule has 1 aliphatic rings. The first kappa shape index (κ1) is 21.2. The Balaban J connectivity index is 1.59. The fourth-order valence-corrected chi connectivity index (χ4v) is 4.11. The number of aromatic nitrogens is 6. The van der Waals surface area contributed by atoms with Crippen LogP contribution in [0.2, 0.25) is 0 Å². The zero-order valence-corrected chi connectivity index (χ0v) is 18.5. The van der Waals surface area contributed by atoms with Gasteiger partial charge in [-0.05, 0) is 54.3 Å². The van der Waals surface area contributed by atoms with E-state index in [0.717, 1.165) is 62.6 Å². The Labute approximate surface area is 183 Å². The zero-order chi connectivity index (χ0) is 21.6. The first-order valence-electron chi connectivity index (χ1n) is 11.0. The fraction of sp³-hybridized carbons (Fsp3) is 0.500. The van der Waals surface area contributed by atoms with Gasteiger partial charge < -0.3 is 10.2 Å². The predicted molar refractivity (Wildman–Crippen MR) is 122 cm³/mol. The Bertz CT molecular complexity index is 949. The van der Waals surface area contributed by atoms with Crippen LogP contribution in [0.3, 0.4) is 0 Å². The molecule has 0 radical (unpaired) electrons. The summed E-state index contributed by atoms with van der Waals surface area (Å²) in [5.74, 6) is 1.21. The van der Waals surface area contributed by atoms with Crippen LogP contribution in [-0.2, 0) is 13.0 Å². The summed E-state index contributed by atoms with van der Waals surface area (Å²) in [7, 11) is 0. The standard InChI is InChI=1S/C22H31N9/c1-4-23-20-14-19(22-26-28-29-27-22)21(13-17(20)12-16(2)3)31-10-8-30(9-11-31)15-18-6-5-7-24-25-18/h5-7,13-14,16,23H,4,8-12,15H2,1-3H3,(H,26,27,28,29). The molecule has 2 aromatic heterocycles. The predicted octanol–water partition coefficient (Wildman–Crippen LogP) is 2.61. The molecule has 1 aliphatic heterocycles. The lowest BCUT2D eigenvalue weighted by atomic mass is 9.97. The molecular formula is C22H31N9. The molecule has 1 fully saturated rings. The topological polar surface area (TPSA) is 98.8 Å². The number of H-pyrrole nitrogens is 1. The summed E-state index contributed by atoms with van der Waals surface area (Å²) in [6, 6.07) is 8.48. The summed E-state index contributed by atoms with van der Waals surface area (Å²) in [5.41, 5.74) is 5.69. The van der Waals surface area contributed by atoms with Gasteiger partial charge in [-0.1, -0.05) is 13.8 Å². The van der Waals surface area contributed by atoms with Gasteiger partial charge in [-0.15, -0.1) is 10.2 Å². The van der Waals surface area contributed by atoms with Gasteiger partial charge in [-0.3, -0.25) is 4.90 Å². The van der Waals surface area contributed by atoms with Crippen molar-refractivity contribution in [2.75, 3.05) is 42.9 Å². The number of hydrogen-bond acceptors (Lipinski definition) is 8. The molecule has 0 unspecified atom stereocenters. The van der Waals surface area contributed by atoms with Crippen molar-refractivity contribution in [2.24, 2.45) is 5.92 Å². The van der Waals surface area contributed by atoms with Crippen LogP contribution in [0.5, 0.6) is 0 Å². The van der Waals surface area contributed by atoms with E-state index in [1.807, 2.05) is 12.1 Å². The molecule has 0 saturated carbocycles. The summed E-state index contributed by atoms with van der Waals surface area (Å²) < 4.78 is 0. The summed E-state index contributed by atoms with van der Waals surface area (Å²) >= 11 is 0. The monoisotopic (exact) mass is 421 g/mol. The Morgan fingerprint density at radius 3 is 2.61 bits per heavy atom. The molecule has 9 nitrogen and oxygen atoms in total. The van der Waals surface area contributed by atoms with Crippen LogP contribution >= 0.6 is 0 Å². The largest absolute Gasteiger partial charge is 0.385 e. The van der Waals surface area contributed by atoms with Gasteiger partial charge in [0.05, 0.1) is 5.69 Å². The highest BCUT2D eigenvalue weighted by Gasteiger charge is 2.23. The van der Waals surface area contributed by atoms with E-state index in [4.69, 9.17) is 0 Å². The molecule has 3 heterocycles. The van der Waals surface area contributed by atoms with Crippen molar-refractivity contribution in [2.45, 2.75) is 33.7 Å². The number of nitrogens with one attached hydrogen (secondary N) is 2. The molecule has 0 amide bonds. The first-order chi connectivity index (χ1) is 15.1. The molecule has 0 aliphatic carbocycles. The summed E-state index contributed by atoms with van der Waals surface area (Å²) in [5, 5.41) is 26.7. The maximum atomic E-state index is 4.28. The van der Waals surface area contributed by atoms with Gasteiger partial charge in [0.15, 0.2) is 0 Å². The minimum absolute atomic E-state index is 0.574. The number of piperazine rings is 1. The maximum Gasteiger partial charge on any atom is 0.206 e. The third-order valence-electron chi connectivity index (χ3n) is 5.53. The van der Waals surface area contributed by atoms with Crippen LogP contribution in [0.4, 0.5) is 11.4 Å². The van der Waals surface area contributed by atoms with Crippen molar-refractivity contribution in [3.63, 3.8) is 0 Å². The lowest BCUT2D eigenvalue weighted by Crippen LogP contribution is -2.46. The van der Waals surface area contributed by atoms with Gasteiger partial charge in [-0.2, -0.15) is 15.4 Å². The summed E-state index contributed by atoms with van der Waals surface area (Å²) in [6.07, 6.45) is 2.74. The molecular weight excluding hydrogens is 390 g/mol. The maximum absolute atomic E-state index is 4.28. The van der Waals surface area contributed by atoms with Crippen LogP contribution in [0.1, 0.15) is 32.0 Å². The lowest BCUT2D eigenvalue weighted by Gasteiger charge is -2.37. The first-order valence-corrected chi connectivity index (χ1v) is 11.0. The molecule has 1 saturated heterocycles. The molecule has 9 heteroatoms. The molecule has 0 atom stereocenters. The number of hydrogen-bond donors (Lipinski definition) is 2. The Morgan fingerprint density at radius 2 is 1.97 bits per heavy atom. The second-order valence-corrected chi connectivity index (χ2v) is 8.37. The van der Waals surface area contributed by atoms with Crippen LogP contribution in [0.15, 0.2) is 30.5 Å². The number of anilines is 2. The van der Waals surface area contributed by atoms with E-state index in [9.17, 15) is 0 Å². The van der Waals surface area contributed by atoms with Crippen molar-refractivity contribution in [3.8, 4) is 11.4 Å². The summed E-state index contributed by atoms with van der Waals surface area (Å²) in [6.45, 7) is 12.2. The van der Waals surface area contributed by atoms with Gasteiger partial charge in [0, 0.05) is 62.4 Å². The highest BCUT2D eigenvalue weighted by Crippen LogP contribution is 2.35. The Kier molecular flexibility index (Phi) is 6.71. The van der Waals surface area contributed by atoms with Crippen molar-refractivity contribution in [3.05, 3.63) is 41.7 Å². The zero-order valence-electron chi connectivity index (χ0n) is 18.5. The lowest BCUT2D eigenvalue weighted by molar-refractivity contribution is 0.246. The van der Waals surface area contributed by atoms with E-state index >= 15 is 0 Å². The van der Waals surface area contributed by atoms with Crippen LogP contribution < -0.4 is 10.2 Å². The second-order valence-electron chi connectivity index (χ2n) is 8.37. The van der Waals surface area contributed by atoms with Crippen molar-refractivity contribution in [1.82, 2.24) is 35.7 Å². The van der Waals surface area contributed by atoms with Crippen molar-refractivity contribution in [1.29, 1.82) is 0 Å². The third kappa shape index (κ3) is 5.16. The normalized spacial score (nSPS) is 14.9. The molecule has 2 N–H and O–H groups in total. The van der Waals surface area contributed by atoms with E-state index in [0.29, 0.717) is 11.7 Å². The third-order valence-corrected chi connectivity index (χ3v) is 5.53. The van der Waals surface area contributed by atoms with Gasteiger partial charge in [0.2, 0.25) is 5.82 Å². The molecule has 0 spiro atoms. The minimum Gasteiger partial charge on any atom is -0.385 e. The molecule has 1 aromatic carbocycles. The highest BCUT2D eigenvalue weighted by atomic mass is 15.5. The number of tetrazole rings is 1. The molecule has 31 heavy (non-hydrogen) atoms. The number of benzene rings is 1. The van der Waals surface area contributed by atoms with E-state index in [-0.39, 0.29) is 0 Å². The number of aromatic amines is 1. The highest BCUT2D eigenvalue weighted by molar-refractivity contribution is 5.80. The van der Waals surface area contributed by atoms with E-state index in [1.165, 1.54) is 11.3 Å². The summed E-state index contributed by atoms with van der Waals surface area (Å²) in [4.78, 5) is 4.87. The quantitative estimate of drug-likeness (QED) is 0.573. The van der Waals surface area contributed by atoms with E-state index < -0.39 is 0 Å². The van der Waals surface area contributed by atoms with Crippen LogP contribution in [-0.4, -0.2) is 68.4 Å². The molecule has 3 aromatic rings.